The van der Waals surface area contributed by atoms with Crippen molar-refractivity contribution in [2.24, 2.45) is 5.41 Å². The number of ether oxygens (including phenoxy) is 2. The third-order valence-corrected chi connectivity index (χ3v) is 5.90. The maximum absolute atomic E-state index is 12.5. The van der Waals surface area contributed by atoms with E-state index in [1.165, 1.54) is 0 Å². The summed E-state index contributed by atoms with van der Waals surface area (Å²) in [5, 5.41) is 2.86. The van der Waals surface area contributed by atoms with Crippen molar-refractivity contribution in [1.29, 1.82) is 0 Å². The Labute approximate surface area is 171 Å². The Morgan fingerprint density at radius 3 is 2.55 bits per heavy atom. The van der Waals surface area contributed by atoms with Crippen molar-refractivity contribution in [2.45, 2.75) is 53.2 Å². The summed E-state index contributed by atoms with van der Waals surface area (Å²) in [6.45, 7) is 8.69. The van der Waals surface area contributed by atoms with Gasteiger partial charge in [-0.1, -0.05) is 18.2 Å². The summed E-state index contributed by atoms with van der Waals surface area (Å²) in [5.41, 5.74) is 5.38. The molecule has 1 aliphatic carbocycles. The number of rotatable bonds is 6. The molecule has 0 aromatic heterocycles. The molecule has 0 radical (unpaired) electrons. The van der Waals surface area contributed by atoms with Crippen molar-refractivity contribution < 1.29 is 19.1 Å². The van der Waals surface area contributed by atoms with E-state index in [-0.39, 0.29) is 18.0 Å². The van der Waals surface area contributed by atoms with Gasteiger partial charge in [-0.3, -0.25) is 9.59 Å². The van der Waals surface area contributed by atoms with E-state index in [9.17, 15) is 9.59 Å². The first kappa shape index (κ1) is 19.5. The first-order valence-corrected chi connectivity index (χ1v) is 10.2. The van der Waals surface area contributed by atoms with Crippen molar-refractivity contribution >= 4 is 11.9 Å². The SMILES string of the molecule is Cc1ccc(-c2ccc3c(c2)CNC3=O)c(OCC2(C(=O)OC(C)C)CC2)c1C. The van der Waals surface area contributed by atoms with Crippen molar-refractivity contribution in [2.75, 3.05) is 6.61 Å². The number of fused-ring (bicyclic) bond motifs is 1. The number of carbonyl (C=O) groups excluding carboxylic acids is 2. The Morgan fingerprint density at radius 2 is 1.86 bits per heavy atom. The maximum atomic E-state index is 12.5. The molecule has 5 nitrogen and oxygen atoms in total. The number of nitrogens with one attached hydrogen (secondary N) is 1. The van der Waals surface area contributed by atoms with Crippen LogP contribution in [-0.2, 0) is 16.1 Å². The monoisotopic (exact) mass is 393 g/mol. The summed E-state index contributed by atoms with van der Waals surface area (Å²) >= 11 is 0. The highest BCUT2D eigenvalue weighted by Gasteiger charge is 2.52. The predicted molar refractivity (Wildman–Crippen MR) is 111 cm³/mol. The lowest BCUT2D eigenvalue weighted by Crippen LogP contribution is -2.28. The third-order valence-electron chi connectivity index (χ3n) is 5.90. The Balaban J connectivity index is 1.63. The molecule has 0 atom stereocenters. The van der Waals surface area contributed by atoms with E-state index < -0.39 is 5.41 Å². The van der Waals surface area contributed by atoms with Gasteiger partial charge < -0.3 is 14.8 Å². The fourth-order valence-electron chi connectivity index (χ4n) is 3.71. The number of benzene rings is 2. The van der Waals surface area contributed by atoms with E-state index >= 15 is 0 Å². The minimum Gasteiger partial charge on any atom is -0.491 e. The lowest BCUT2D eigenvalue weighted by molar-refractivity contribution is -0.155. The van der Waals surface area contributed by atoms with E-state index in [4.69, 9.17) is 9.47 Å². The normalized spacial score (nSPS) is 16.4. The number of amides is 1. The lowest BCUT2D eigenvalue weighted by atomic mass is 9.96. The molecular weight excluding hydrogens is 366 g/mol. The van der Waals surface area contributed by atoms with Gasteiger partial charge in [0.1, 0.15) is 17.8 Å². The average molecular weight is 393 g/mol. The summed E-state index contributed by atoms with van der Waals surface area (Å²) < 4.78 is 11.7. The van der Waals surface area contributed by atoms with E-state index in [2.05, 4.69) is 24.4 Å². The largest absolute Gasteiger partial charge is 0.491 e. The Bertz CT molecular complexity index is 989. The third kappa shape index (κ3) is 3.61. The van der Waals surface area contributed by atoms with Crippen LogP contribution in [0, 0.1) is 19.3 Å². The molecule has 1 fully saturated rings. The highest BCUT2D eigenvalue weighted by Crippen LogP contribution is 2.48. The van der Waals surface area contributed by atoms with Crippen LogP contribution in [0.3, 0.4) is 0 Å². The smallest absolute Gasteiger partial charge is 0.315 e. The second kappa shape index (κ2) is 7.21. The van der Waals surface area contributed by atoms with Gasteiger partial charge in [-0.15, -0.1) is 0 Å². The van der Waals surface area contributed by atoms with Gasteiger partial charge in [-0.25, -0.2) is 0 Å². The van der Waals surface area contributed by atoms with Crippen LogP contribution in [0.15, 0.2) is 30.3 Å². The van der Waals surface area contributed by atoms with Gasteiger partial charge in [0.05, 0.1) is 6.10 Å². The average Bonchev–Trinajstić information content (AvgIpc) is 3.39. The highest BCUT2D eigenvalue weighted by molar-refractivity contribution is 5.99. The summed E-state index contributed by atoms with van der Waals surface area (Å²) in [5.74, 6) is 0.606. The topological polar surface area (TPSA) is 64.6 Å². The number of hydrogen-bond acceptors (Lipinski definition) is 4. The number of hydrogen-bond donors (Lipinski definition) is 1. The molecule has 2 aliphatic rings. The van der Waals surface area contributed by atoms with Crippen LogP contribution in [-0.4, -0.2) is 24.6 Å². The van der Waals surface area contributed by atoms with Gasteiger partial charge >= 0.3 is 5.97 Å². The molecular formula is C24H27NO4. The molecule has 1 heterocycles. The molecule has 0 unspecified atom stereocenters. The fourth-order valence-corrected chi connectivity index (χ4v) is 3.71. The number of carbonyl (C=O) groups is 2. The number of aryl methyl sites for hydroxylation is 1. The summed E-state index contributed by atoms with van der Waals surface area (Å²) in [6.07, 6.45) is 1.47. The molecule has 5 heteroatoms. The van der Waals surface area contributed by atoms with Gasteiger partial charge in [0.2, 0.25) is 0 Å². The first-order valence-electron chi connectivity index (χ1n) is 10.2. The predicted octanol–water partition coefficient (Wildman–Crippen LogP) is 4.32. The second-order valence-electron chi connectivity index (χ2n) is 8.46. The van der Waals surface area contributed by atoms with Crippen LogP contribution in [0.25, 0.3) is 11.1 Å². The van der Waals surface area contributed by atoms with E-state index in [0.717, 1.165) is 52.0 Å². The molecule has 0 bridgehead atoms. The molecule has 4 rings (SSSR count). The highest BCUT2D eigenvalue weighted by atomic mass is 16.5. The van der Waals surface area contributed by atoms with Gasteiger partial charge in [0, 0.05) is 17.7 Å². The van der Waals surface area contributed by atoms with Gasteiger partial charge in [0.25, 0.3) is 5.91 Å². The Kier molecular flexibility index (Phi) is 4.85. The van der Waals surface area contributed by atoms with E-state index in [1.54, 1.807) is 0 Å². The molecule has 1 amide bonds. The minimum absolute atomic E-state index is 0.0255. The van der Waals surface area contributed by atoms with Gasteiger partial charge in [-0.05, 0) is 74.9 Å². The van der Waals surface area contributed by atoms with Crippen molar-refractivity contribution in [3.05, 3.63) is 52.6 Å². The maximum Gasteiger partial charge on any atom is 0.315 e. The zero-order chi connectivity index (χ0) is 20.8. The molecule has 0 spiro atoms. The quantitative estimate of drug-likeness (QED) is 0.742. The van der Waals surface area contributed by atoms with E-state index in [1.807, 2.05) is 39.0 Å². The molecule has 0 saturated heterocycles. The van der Waals surface area contributed by atoms with Crippen LogP contribution >= 0.6 is 0 Å². The Morgan fingerprint density at radius 1 is 1.14 bits per heavy atom. The van der Waals surface area contributed by atoms with Crippen LogP contribution in [0.4, 0.5) is 0 Å². The second-order valence-corrected chi connectivity index (χ2v) is 8.46. The molecule has 2 aromatic carbocycles. The van der Waals surface area contributed by atoms with Crippen LogP contribution in [0.2, 0.25) is 0 Å². The molecule has 1 N–H and O–H groups in total. The van der Waals surface area contributed by atoms with Crippen LogP contribution < -0.4 is 10.1 Å². The molecule has 1 aliphatic heterocycles. The number of esters is 1. The molecule has 2 aromatic rings. The summed E-state index contributed by atoms with van der Waals surface area (Å²) in [4.78, 5) is 24.3. The molecule has 152 valence electrons. The molecule has 1 saturated carbocycles. The van der Waals surface area contributed by atoms with Gasteiger partial charge in [0.15, 0.2) is 0 Å². The zero-order valence-corrected chi connectivity index (χ0v) is 17.4. The zero-order valence-electron chi connectivity index (χ0n) is 17.4. The summed E-state index contributed by atoms with van der Waals surface area (Å²) in [6, 6.07) is 10.0. The lowest BCUT2D eigenvalue weighted by Gasteiger charge is -2.21. The van der Waals surface area contributed by atoms with E-state index in [0.29, 0.717) is 13.2 Å². The molecule has 29 heavy (non-hydrogen) atoms. The Hall–Kier alpha value is -2.82. The first-order chi connectivity index (χ1) is 13.8. The van der Waals surface area contributed by atoms with Crippen LogP contribution in [0.1, 0.15) is 53.7 Å². The van der Waals surface area contributed by atoms with Crippen molar-refractivity contribution in [3.8, 4) is 16.9 Å². The standard InChI is InChI=1S/C24H27NO4/c1-14(2)29-23(27)24(9-10-24)13-28-21-16(4)15(3)5-7-19(21)17-6-8-20-18(11-17)12-25-22(20)26/h5-8,11,14H,9-10,12-13H2,1-4H3,(H,25,26). The fraction of sp³-hybridized carbons (Fsp3) is 0.417. The van der Waals surface area contributed by atoms with Crippen LogP contribution in [0.5, 0.6) is 5.75 Å². The minimum atomic E-state index is -0.522. The van der Waals surface area contributed by atoms with Crippen molar-refractivity contribution in [1.82, 2.24) is 5.32 Å². The summed E-state index contributed by atoms with van der Waals surface area (Å²) in [7, 11) is 0. The van der Waals surface area contributed by atoms with Gasteiger partial charge in [-0.2, -0.15) is 0 Å². The van der Waals surface area contributed by atoms with Crippen molar-refractivity contribution in [3.63, 3.8) is 0 Å².